The highest BCUT2D eigenvalue weighted by Gasteiger charge is 2.17. The Balaban J connectivity index is 1.98. The van der Waals surface area contributed by atoms with Crippen molar-refractivity contribution in [3.8, 4) is 0 Å². The van der Waals surface area contributed by atoms with Crippen LogP contribution in [0.2, 0.25) is 5.15 Å². The molecule has 2 rings (SSSR count). The highest BCUT2D eigenvalue weighted by molar-refractivity contribution is 6.34. The summed E-state index contributed by atoms with van der Waals surface area (Å²) in [4.78, 5) is 8.19. The summed E-state index contributed by atoms with van der Waals surface area (Å²) in [7, 11) is 1.53. The molecule has 0 fully saturated rings. The van der Waals surface area contributed by atoms with E-state index < -0.39 is 18.5 Å². The molecule has 2 aromatic rings. The van der Waals surface area contributed by atoms with Crippen molar-refractivity contribution in [3.63, 3.8) is 0 Å². The lowest BCUT2D eigenvalue weighted by molar-refractivity contribution is -0.133. The minimum absolute atomic E-state index is 0.103. The summed E-state index contributed by atoms with van der Waals surface area (Å²) in [6.45, 7) is 4.05. The highest BCUT2D eigenvalue weighted by atomic mass is 35.5. The van der Waals surface area contributed by atoms with E-state index >= 15 is 0 Å². The quantitative estimate of drug-likeness (QED) is 0.558. The minimum atomic E-state index is -0.774. The number of hydrogen-bond donors (Lipinski definition) is 2. The largest absolute Gasteiger partial charge is 0.391 e. The fraction of sp³-hybridized carbons (Fsp3) is 0.600. The first-order valence-electron chi connectivity index (χ1n) is 7.38. The van der Waals surface area contributed by atoms with Crippen molar-refractivity contribution in [2.24, 2.45) is 0 Å². The van der Waals surface area contributed by atoms with E-state index in [-0.39, 0.29) is 13.0 Å². The number of rotatable bonds is 8. The summed E-state index contributed by atoms with van der Waals surface area (Å²) >= 11 is 6.09. The van der Waals surface area contributed by atoms with Crippen LogP contribution in [-0.2, 0) is 16.0 Å². The molecule has 0 spiro atoms. The van der Waals surface area contributed by atoms with Crippen molar-refractivity contribution in [1.82, 2.24) is 14.5 Å². The highest BCUT2D eigenvalue weighted by Crippen LogP contribution is 2.25. The normalized spacial score (nSPS) is 15.7. The predicted molar refractivity (Wildman–Crippen MR) is 86.3 cm³/mol. The number of nitrogens with zero attached hydrogens (tertiary/aromatic N) is 3. The zero-order valence-electron chi connectivity index (χ0n) is 13.4. The lowest BCUT2D eigenvalue weighted by atomic mass is 10.1. The number of aliphatic hydroxyl groups is 2. The van der Waals surface area contributed by atoms with Crippen molar-refractivity contribution in [1.29, 1.82) is 0 Å². The van der Waals surface area contributed by atoms with Crippen molar-refractivity contribution in [2.45, 2.75) is 45.3 Å². The maximum absolute atomic E-state index is 10.2. The maximum atomic E-state index is 10.2. The van der Waals surface area contributed by atoms with Gasteiger partial charge in [0.1, 0.15) is 17.1 Å². The Hall–Kier alpha value is -1.25. The van der Waals surface area contributed by atoms with E-state index in [1.165, 1.54) is 13.4 Å². The number of ether oxygens (including phenoxy) is 2. The van der Waals surface area contributed by atoms with Crippen LogP contribution in [0, 0.1) is 6.92 Å². The number of methoxy groups -OCH3 is 1. The summed E-state index contributed by atoms with van der Waals surface area (Å²) in [5.74, 6) is 0. The standard InChI is InChI=1S/C15H22ClN3O4/c1-9-5-19(15-13(9)14(16)17-8-18-15)6-11(20)4-12(21)7-23-10(2)22-3/h5,8,10-12,20-21H,4,6-7H2,1-3H3. The first kappa shape index (κ1) is 18.1. The smallest absolute Gasteiger partial charge is 0.154 e. The molecule has 7 nitrogen and oxygen atoms in total. The monoisotopic (exact) mass is 343 g/mol. The van der Waals surface area contributed by atoms with Crippen LogP contribution in [0.4, 0.5) is 0 Å². The van der Waals surface area contributed by atoms with E-state index in [1.54, 1.807) is 6.92 Å². The molecule has 0 saturated heterocycles. The van der Waals surface area contributed by atoms with Gasteiger partial charge in [-0.25, -0.2) is 9.97 Å². The van der Waals surface area contributed by atoms with Crippen LogP contribution >= 0.6 is 11.6 Å². The number of aryl methyl sites for hydroxylation is 1. The summed E-state index contributed by atoms with van der Waals surface area (Å²) in [6, 6.07) is 0. The molecule has 0 aliphatic rings. The van der Waals surface area contributed by atoms with Gasteiger partial charge < -0.3 is 24.3 Å². The van der Waals surface area contributed by atoms with E-state index in [2.05, 4.69) is 9.97 Å². The second kappa shape index (κ2) is 8.03. The van der Waals surface area contributed by atoms with Crippen LogP contribution < -0.4 is 0 Å². The number of aliphatic hydroxyl groups excluding tert-OH is 2. The second-order valence-electron chi connectivity index (χ2n) is 5.51. The zero-order chi connectivity index (χ0) is 17.0. The van der Waals surface area contributed by atoms with E-state index in [4.69, 9.17) is 21.1 Å². The average Bonchev–Trinajstić information content (AvgIpc) is 2.82. The Morgan fingerprint density at radius 1 is 1.30 bits per heavy atom. The minimum Gasteiger partial charge on any atom is -0.391 e. The van der Waals surface area contributed by atoms with Gasteiger partial charge in [-0.1, -0.05) is 11.6 Å². The van der Waals surface area contributed by atoms with Gasteiger partial charge in [0, 0.05) is 19.7 Å². The van der Waals surface area contributed by atoms with Crippen molar-refractivity contribution < 1.29 is 19.7 Å². The molecule has 3 unspecified atom stereocenters. The first-order valence-corrected chi connectivity index (χ1v) is 7.76. The molecule has 0 aromatic carbocycles. The summed E-state index contributed by atoms with van der Waals surface area (Å²) in [5, 5.41) is 21.3. The lowest BCUT2D eigenvalue weighted by Gasteiger charge is -2.18. The molecule has 23 heavy (non-hydrogen) atoms. The van der Waals surface area contributed by atoms with Gasteiger partial charge in [-0.05, 0) is 19.4 Å². The first-order chi connectivity index (χ1) is 10.9. The van der Waals surface area contributed by atoms with Crippen LogP contribution in [0.3, 0.4) is 0 Å². The van der Waals surface area contributed by atoms with E-state index in [9.17, 15) is 10.2 Å². The van der Waals surface area contributed by atoms with Crippen LogP contribution in [-0.4, -0.2) is 57.0 Å². The molecule has 2 heterocycles. The van der Waals surface area contributed by atoms with Gasteiger partial charge in [0.2, 0.25) is 0 Å². The van der Waals surface area contributed by atoms with Crippen LogP contribution in [0.15, 0.2) is 12.5 Å². The van der Waals surface area contributed by atoms with Crippen molar-refractivity contribution in [3.05, 3.63) is 23.2 Å². The molecular weight excluding hydrogens is 322 g/mol. The predicted octanol–water partition coefficient (Wildman–Crippen LogP) is 1.51. The maximum Gasteiger partial charge on any atom is 0.154 e. The topological polar surface area (TPSA) is 89.6 Å². The van der Waals surface area contributed by atoms with Crippen LogP contribution in [0.25, 0.3) is 11.0 Å². The van der Waals surface area contributed by atoms with E-state index in [0.29, 0.717) is 17.3 Å². The van der Waals surface area contributed by atoms with Crippen LogP contribution in [0.5, 0.6) is 0 Å². The summed E-state index contributed by atoms with van der Waals surface area (Å²) in [5.41, 5.74) is 1.61. The van der Waals surface area contributed by atoms with Crippen molar-refractivity contribution in [2.75, 3.05) is 13.7 Å². The molecule has 0 radical (unpaired) electrons. The second-order valence-corrected chi connectivity index (χ2v) is 5.87. The molecule has 8 heteroatoms. The van der Waals surface area contributed by atoms with Gasteiger partial charge in [0.05, 0.1) is 30.7 Å². The number of hydrogen-bond acceptors (Lipinski definition) is 6. The molecule has 0 amide bonds. The third-order valence-corrected chi connectivity index (χ3v) is 3.89. The van der Waals surface area contributed by atoms with Gasteiger partial charge in [0.15, 0.2) is 6.29 Å². The fourth-order valence-corrected chi connectivity index (χ4v) is 2.69. The number of halogens is 1. The molecule has 3 atom stereocenters. The van der Waals surface area contributed by atoms with Gasteiger partial charge in [-0.2, -0.15) is 0 Å². The Kier molecular flexibility index (Phi) is 6.32. The molecule has 128 valence electrons. The Morgan fingerprint density at radius 2 is 2.04 bits per heavy atom. The Morgan fingerprint density at radius 3 is 2.74 bits per heavy atom. The third kappa shape index (κ3) is 4.62. The van der Waals surface area contributed by atoms with E-state index in [1.807, 2.05) is 17.7 Å². The molecule has 2 aromatic heterocycles. The number of fused-ring (bicyclic) bond motifs is 1. The Bertz CT molecular complexity index is 649. The fourth-order valence-electron chi connectivity index (χ4n) is 2.41. The Labute approximate surface area is 139 Å². The lowest BCUT2D eigenvalue weighted by Crippen LogP contribution is -2.27. The van der Waals surface area contributed by atoms with Gasteiger partial charge >= 0.3 is 0 Å². The third-order valence-electron chi connectivity index (χ3n) is 3.60. The molecular formula is C15H22ClN3O4. The summed E-state index contributed by atoms with van der Waals surface area (Å²) in [6.07, 6.45) is 1.54. The van der Waals surface area contributed by atoms with E-state index in [0.717, 1.165) is 10.9 Å². The van der Waals surface area contributed by atoms with Gasteiger partial charge in [-0.15, -0.1) is 0 Å². The molecule has 2 N–H and O–H groups in total. The van der Waals surface area contributed by atoms with Gasteiger partial charge in [-0.3, -0.25) is 0 Å². The molecule has 0 saturated carbocycles. The SMILES string of the molecule is COC(C)OCC(O)CC(O)Cn1cc(C)c2c(Cl)ncnc21. The molecule has 0 aliphatic carbocycles. The summed E-state index contributed by atoms with van der Waals surface area (Å²) < 4.78 is 12.0. The van der Waals surface area contributed by atoms with Crippen LogP contribution in [0.1, 0.15) is 18.9 Å². The number of aromatic nitrogens is 3. The zero-order valence-corrected chi connectivity index (χ0v) is 14.2. The van der Waals surface area contributed by atoms with Crippen molar-refractivity contribution >= 4 is 22.6 Å². The average molecular weight is 344 g/mol. The van der Waals surface area contributed by atoms with Gasteiger partial charge in [0.25, 0.3) is 0 Å². The molecule has 0 bridgehead atoms. The molecule has 0 aliphatic heterocycles.